The van der Waals surface area contributed by atoms with Crippen LogP contribution >= 0.6 is 27.3 Å². The predicted octanol–water partition coefficient (Wildman–Crippen LogP) is 3.67. The summed E-state index contributed by atoms with van der Waals surface area (Å²) in [4.78, 5) is 20.9. The van der Waals surface area contributed by atoms with Gasteiger partial charge in [-0.25, -0.2) is 33.3 Å². The Morgan fingerprint density at radius 2 is 1.85 bits per heavy atom. The Balaban J connectivity index is 1.42. The number of sulfonamides is 1. The number of benzene rings is 1. The van der Waals surface area contributed by atoms with E-state index in [1.807, 2.05) is 18.2 Å². The Labute approximate surface area is 201 Å². The number of nitrogens with zero attached hydrogens (tertiary/aromatic N) is 5. The smallest absolute Gasteiger partial charge is 0.316 e. The number of anilines is 1. The summed E-state index contributed by atoms with van der Waals surface area (Å²) in [6, 6.07) is 5.87. The van der Waals surface area contributed by atoms with E-state index in [0.717, 1.165) is 14.7 Å². The Hall–Kier alpha value is -2.90. The fourth-order valence-electron chi connectivity index (χ4n) is 3.07. The molecule has 3 heterocycles. The van der Waals surface area contributed by atoms with Crippen LogP contribution in [0.2, 0.25) is 0 Å². The van der Waals surface area contributed by atoms with Gasteiger partial charge in [0.05, 0.1) is 31.0 Å². The number of hydrogen-bond donors (Lipinski definition) is 1. The number of halogens is 1. The van der Waals surface area contributed by atoms with Crippen molar-refractivity contribution in [2.24, 2.45) is 0 Å². The summed E-state index contributed by atoms with van der Waals surface area (Å²) in [6.07, 6.45) is 5.71. The second kappa shape index (κ2) is 9.15. The zero-order valence-corrected chi connectivity index (χ0v) is 20.2. The average Bonchev–Trinajstić information content (AvgIpc) is 3.57. The normalized spacial score (nSPS) is 13.7. The first-order chi connectivity index (χ1) is 16.0. The summed E-state index contributed by atoms with van der Waals surface area (Å²) in [5.74, 6) is 0.395. The molecule has 1 saturated carbocycles. The molecule has 1 aliphatic carbocycles. The molecule has 5 rings (SSSR count). The zero-order chi connectivity index (χ0) is 22.8. The second-order valence-electron chi connectivity index (χ2n) is 7.16. The van der Waals surface area contributed by atoms with Crippen molar-refractivity contribution in [2.45, 2.75) is 18.1 Å². The molecule has 0 unspecified atom stereocenters. The van der Waals surface area contributed by atoms with Crippen LogP contribution in [0.4, 0.5) is 5.82 Å². The maximum atomic E-state index is 12.6. The molecule has 4 aromatic rings. The number of rotatable bonds is 9. The summed E-state index contributed by atoms with van der Waals surface area (Å²) >= 11 is 4.79. The number of ether oxygens (including phenoxy) is 2. The third kappa shape index (κ3) is 5.04. The molecule has 0 spiro atoms. The van der Waals surface area contributed by atoms with Crippen molar-refractivity contribution in [1.29, 1.82) is 0 Å². The van der Waals surface area contributed by atoms with E-state index >= 15 is 0 Å². The van der Waals surface area contributed by atoms with Crippen LogP contribution in [0, 0.1) is 0 Å². The van der Waals surface area contributed by atoms with Crippen molar-refractivity contribution < 1.29 is 17.9 Å². The van der Waals surface area contributed by atoms with Crippen LogP contribution in [-0.4, -0.2) is 51.8 Å². The summed E-state index contributed by atoms with van der Waals surface area (Å²) in [6.45, 7) is 0.302. The summed E-state index contributed by atoms with van der Waals surface area (Å²) in [5.41, 5.74) is 3.68. The van der Waals surface area contributed by atoms with Gasteiger partial charge in [-0.3, -0.25) is 4.72 Å². The molecule has 33 heavy (non-hydrogen) atoms. The fourth-order valence-corrected chi connectivity index (χ4v) is 5.28. The molecule has 0 amide bonds. The van der Waals surface area contributed by atoms with Crippen molar-refractivity contribution in [1.82, 2.24) is 24.9 Å². The van der Waals surface area contributed by atoms with Crippen molar-refractivity contribution in [3.63, 3.8) is 0 Å². The highest BCUT2D eigenvalue weighted by molar-refractivity contribution is 9.10. The Morgan fingerprint density at radius 3 is 2.64 bits per heavy atom. The van der Waals surface area contributed by atoms with Gasteiger partial charge in [0.1, 0.15) is 19.5 Å². The summed E-state index contributed by atoms with van der Waals surface area (Å²) < 4.78 is 41.0. The third-order valence-corrected chi connectivity index (χ3v) is 7.83. The Bertz CT molecular complexity index is 1390. The molecule has 3 aromatic heterocycles. The fraction of sp³-hybridized carbons (Fsp3) is 0.250. The minimum absolute atomic E-state index is 0.136. The van der Waals surface area contributed by atoms with Crippen LogP contribution in [-0.2, 0) is 10.0 Å². The highest BCUT2D eigenvalue weighted by atomic mass is 79.9. The van der Waals surface area contributed by atoms with Crippen LogP contribution in [0.5, 0.6) is 11.9 Å². The lowest BCUT2D eigenvalue weighted by Crippen LogP contribution is -2.19. The number of hydrogen-bond acceptors (Lipinski definition) is 10. The van der Waals surface area contributed by atoms with Gasteiger partial charge in [-0.1, -0.05) is 6.07 Å². The third-order valence-electron chi connectivity index (χ3n) is 4.78. The number of thiazole rings is 1. The first-order valence-electron chi connectivity index (χ1n) is 9.93. The van der Waals surface area contributed by atoms with Crippen molar-refractivity contribution in [3.05, 3.63) is 46.9 Å². The molecule has 170 valence electrons. The molecular formula is C20H17BrN6O4S2. The Morgan fingerprint density at radius 1 is 1.06 bits per heavy atom. The van der Waals surface area contributed by atoms with E-state index in [9.17, 15) is 8.42 Å². The number of nitrogens with one attached hydrogen (secondary N) is 1. The van der Waals surface area contributed by atoms with E-state index in [2.05, 4.69) is 45.6 Å². The minimum atomic E-state index is -3.54. The van der Waals surface area contributed by atoms with Gasteiger partial charge in [-0.05, 0) is 46.5 Å². The van der Waals surface area contributed by atoms with Gasteiger partial charge in [0, 0.05) is 12.4 Å². The molecule has 0 radical (unpaired) electrons. The van der Waals surface area contributed by atoms with Gasteiger partial charge in [0.25, 0.3) is 0 Å². The maximum Gasteiger partial charge on any atom is 0.316 e. The number of aromatic nitrogens is 5. The van der Waals surface area contributed by atoms with Gasteiger partial charge < -0.3 is 9.47 Å². The highest BCUT2D eigenvalue weighted by Crippen LogP contribution is 2.38. The van der Waals surface area contributed by atoms with Crippen molar-refractivity contribution in [3.8, 4) is 23.0 Å². The van der Waals surface area contributed by atoms with E-state index in [1.165, 1.54) is 17.7 Å². The van der Waals surface area contributed by atoms with Gasteiger partial charge in [0.2, 0.25) is 15.9 Å². The predicted molar refractivity (Wildman–Crippen MR) is 127 cm³/mol. The molecule has 1 aromatic carbocycles. The lowest BCUT2D eigenvalue weighted by atomic mass is 10.1. The lowest BCUT2D eigenvalue weighted by molar-refractivity contribution is 0.202. The van der Waals surface area contributed by atoms with Gasteiger partial charge in [0.15, 0.2) is 5.82 Å². The molecule has 1 N–H and O–H groups in total. The molecule has 0 bridgehead atoms. The quantitative estimate of drug-likeness (QED) is 0.311. The van der Waals surface area contributed by atoms with Crippen LogP contribution in [0.3, 0.4) is 0 Å². The maximum absolute atomic E-state index is 12.6. The molecular weight excluding hydrogens is 532 g/mol. The zero-order valence-electron chi connectivity index (χ0n) is 17.0. The van der Waals surface area contributed by atoms with Gasteiger partial charge in [-0.2, -0.15) is 0 Å². The van der Waals surface area contributed by atoms with Gasteiger partial charge in [-0.15, -0.1) is 11.3 Å². The van der Waals surface area contributed by atoms with E-state index in [0.29, 0.717) is 24.0 Å². The van der Waals surface area contributed by atoms with Crippen LogP contribution in [0.25, 0.3) is 21.3 Å². The molecule has 0 atom stereocenters. The Kier molecular flexibility index (Phi) is 6.08. The van der Waals surface area contributed by atoms with E-state index in [1.54, 1.807) is 17.9 Å². The van der Waals surface area contributed by atoms with Crippen molar-refractivity contribution >= 4 is 53.3 Å². The lowest BCUT2D eigenvalue weighted by Gasteiger charge is -2.15. The SMILES string of the molecule is O=S(=O)(Nc1ncnc(OCCOc2ncc(Br)cn2)c1-c1ccc2scnc2c1)C1CC1. The minimum Gasteiger partial charge on any atom is -0.473 e. The number of fused-ring (bicyclic) bond motifs is 1. The molecule has 0 saturated heterocycles. The molecule has 10 nitrogen and oxygen atoms in total. The average molecular weight is 549 g/mol. The van der Waals surface area contributed by atoms with E-state index in [4.69, 9.17) is 9.47 Å². The molecule has 1 aliphatic rings. The summed E-state index contributed by atoms with van der Waals surface area (Å²) in [7, 11) is -3.54. The van der Waals surface area contributed by atoms with E-state index in [-0.39, 0.29) is 30.9 Å². The van der Waals surface area contributed by atoms with Crippen LogP contribution in [0.1, 0.15) is 12.8 Å². The first-order valence-corrected chi connectivity index (χ1v) is 13.1. The molecule has 0 aliphatic heterocycles. The highest BCUT2D eigenvalue weighted by Gasteiger charge is 2.36. The largest absolute Gasteiger partial charge is 0.473 e. The topological polar surface area (TPSA) is 129 Å². The molecule has 13 heteroatoms. The first kappa shape index (κ1) is 21.9. The van der Waals surface area contributed by atoms with E-state index < -0.39 is 15.3 Å². The molecule has 1 fully saturated rings. The summed E-state index contributed by atoms with van der Waals surface area (Å²) in [5, 5.41) is -0.398. The second-order valence-corrected chi connectivity index (χ2v) is 10.9. The monoisotopic (exact) mass is 548 g/mol. The van der Waals surface area contributed by atoms with Crippen LogP contribution < -0.4 is 14.2 Å². The standard InChI is InChI=1S/C20H17BrN6O4S2/c21-13-8-22-20(23-9-13)31-6-5-30-19-17(12-1-4-16-15(7-12)26-11-32-16)18(24-10-25-19)27-33(28,29)14-2-3-14/h1,4,7-11,14H,2-3,5-6H2,(H,24,25,27). The van der Waals surface area contributed by atoms with Crippen molar-refractivity contribution in [2.75, 3.05) is 17.9 Å². The van der Waals surface area contributed by atoms with Crippen LogP contribution in [0.15, 0.2) is 46.9 Å². The van der Waals surface area contributed by atoms with Gasteiger partial charge >= 0.3 is 6.01 Å².